The van der Waals surface area contributed by atoms with Gasteiger partial charge >= 0.3 is 12.1 Å². The third-order valence-electron chi connectivity index (χ3n) is 4.30. The van der Waals surface area contributed by atoms with Crippen molar-refractivity contribution in [2.75, 3.05) is 19.8 Å². The molecule has 5 heteroatoms. The largest absolute Gasteiger partial charge is 0.460 e. The van der Waals surface area contributed by atoms with E-state index in [0.29, 0.717) is 5.57 Å². The minimum Gasteiger partial charge on any atom is -0.460 e. The van der Waals surface area contributed by atoms with E-state index in [1.807, 2.05) is 24.3 Å². The Bertz CT molecular complexity index is 798. The minimum absolute atomic E-state index is 0.0226. The van der Waals surface area contributed by atoms with Crippen LogP contribution in [-0.4, -0.2) is 31.8 Å². The first-order valence-corrected chi connectivity index (χ1v) is 8.49. The molecule has 5 nitrogen and oxygen atoms in total. The molecule has 1 aliphatic rings. The van der Waals surface area contributed by atoms with Crippen molar-refractivity contribution in [1.82, 2.24) is 5.32 Å². The molecule has 0 heterocycles. The molecule has 1 N–H and O–H groups in total. The first-order valence-electron chi connectivity index (χ1n) is 8.49. The Morgan fingerprint density at radius 2 is 1.58 bits per heavy atom. The summed E-state index contributed by atoms with van der Waals surface area (Å²) in [5, 5.41) is 2.58. The molecular formula is C21H21NO4. The van der Waals surface area contributed by atoms with Gasteiger partial charge in [-0.3, -0.25) is 0 Å². The van der Waals surface area contributed by atoms with Crippen molar-refractivity contribution in [1.29, 1.82) is 0 Å². The van der Waals surface area contributed by atoms with E-state index in [9.17, 15) is 9.59 Å². The highest BCUT2D eigenvalue weighted by Crippen LogP contribution is 2.44. The fourth-order valence-corrected chi connectivity index (χ4v) is 3.07. The summed E-state index contributed by atoms with van der Waals surface area (Å²) in [5.41, 5.74) is 5.02. The highest BCUT2D eigenvalue weighted by atomic mass is 16.6. The molecule has 0 aromatic heterocycles. The number of nitrogens with one attached hydrogen (secondary N) is 1. The Balaban J connectivity index is 1.54. The second kappa shape index (κ2) is 7.87. The topological polar surface area (TPSA) is 64.6 Å². The summed E-state index contributed by atoms with van der Waals surface area (Å²) >= 11 is 0. The van der Waals surface area contributed by atoms with Gasteiger partial charge in [0, 0.05) is 11.5 Å². The number of esters is 1. The number of alkyl carbamates (subject to hydrolysis) is 1. The molecule has 3 rings (SSSR count). The Kier molecular flexibility index (Phi) is 5.37. The monoisotopic (exact) mass is 351 g/mol. The number of amides is 1. The molecule has 0 atom stereocenters. The van der Waals surface area contributed by atoms with Crippen LogP contribution in [-0.2, 0) is 14.3 Å². The first-order chi connectivity index (χ1) is 12.6. The van der Waals surface area contributed by atoms with E-state index in [2.05, 4.69) is 36.2 Å². The number of ether oxygens (including phenoxy) is 2. The van der Waals surface area contributed by atoms with E-state index in [1.54, 1.807) is 6.92 Å². The van der Waals surface area contributed by atoms with Crippen molar-refractivity contribution in [2.24, 2.45) is 0 Å². The average Bonchev–Trinajstić information content (AvgIpc) is 2.97. The van der Waals surface area contributed by atoms with Gasteiger partial charge in [0.2, 0.25) is 0 Å². The van der Waals surface area contributed by atoms with Gasteiger partial charge in [0.05, 0.1) is 6.54 Å². The molecule has 0 saturated heterocycles. The number of carbonyl (C=O) groups excluding carboxylic acids is 2. The second-order valence-electron chi connectivity index (χ2n) is 6.17. The third kappa shape index (κ3) is 3.77. The molecule has 0 saturated carbocycles. The zero-order chi connectivity index (χ0) is 18.5. The highest BCUT2D eigenvalue weighted by molar-refractivity contribution is 5.86. The molecule has 26 heavy (non-hydrogen) atoms. The SMILES string of the molecule is C=C(C)C(=O)OCCNC(=O)OCC1c2ccccc2-c2ccccc21. The van der Waals surface area contributed by atoms with Crippen LogP contribution in [0.2, 0.25) is 0 Å². The van der Waals surface area contributed by atoms with Gasteiger partial charge in [-0.2, -0.15) is 0 Å². The van der Waals surface area contributed by atoms with E-state index in [0.717, 1.165) is 11.1 Å². The van der Waals surface area contributed by atoms with Crippen molar-refractivity contribution in [3.05, 3.63) is 71.8 Å². The van der Waals surface area contributed by atoms with Crippen LogP contribution in [0.5, 0.6) is 0 Å². The maximum Gasteiger partial charge on any atom is 0.407 e. The summed E-state index contributed by atoms with van der Waals surface area (Å²) in [6, 6.07) is 16.3. The van der Waals surface area contributed by atoms with Gasteiger partial charge in [-0.1, -0.05) is 55.1 Å². The summed E-state index contributed by atoms with van der Waals surface area (Å²) in [5.74, 6) is -0.450. The van der Waals surface area contributed by atoms with Crippen LogP contribution in [0.1, 0.15) is 24.0 Å². The molecule has 0 radical (unpaired) electrons. The Morgan fingerprint density at radius 3 is 2.15 bits per heavy atom. The van der Waals surface area contributed by atoms with E-state index < -0.39 is 12.1 Å². The predicted octanol–water partition coefficient (Wildman–Crippen LogP) is 3.64. The van der Waals surface area contributed by atoms with Crippen molar-refractivity contribution in [2.45, 2.75) is 12.8 Å². The van der Waals surface area contributed by atoms with Gasteiger partial charge in [0.1, 0.15) is 13.2 Å². The lowest BCUT2D eigenvalue weighted by Crippen LogP contribution is -2.29. The molecule has 0 bridgehead atoms. The molecular weight excluding hydrogens is 330 g/mol. The summed E-state index contributed by atoms with van der Waals surface area (Å²) in [6.45, 7) is 5.59. The van der Waals surface area contributed by atoms with Gasteiger partial charge in [0.15, 0.2) is 0 Å². The van der Waals surface area contributed by atoms with Crippen LogP contribution in [0.15, 0.2) is 60.7 Å². The fraction of sp³-hybridized carbons (Fsp3) is 0.238. The van der Waals surface area contributed by atoms with Gasteiger partial charge in [-0.05, 0) is 29.2 Å². The van der Waals surface area contributed by atoms with Gasteiger partial charge < -0.3 is 14.8 Å². The van der Waals surface area contributed by atoms with Crippen molar-refractivity contribution in [3.8, 4) is 11.1 Å². The van der Waals surface area contributed by atoms with Crippen LogP contribution < -0.4 is 5.32 Å². The Hall–Kier alpha value is -3.08. The lowest BCUT2D eigenvalue weighted by atomic mass is 9.98. The molecule has 0 fully saturated rings. The minimum atomic E-state index is -0.529. The lowest BCUT2D eigenvalue weighted by molar-refractivity contribution is -0.138. The smallest absolute Gasteiger partial charge is 0.407 e. The number of fused-ring (bicyclic) bond motifs is 3. The van der Waals surface area contributed by atoms with Gasteiger partial charge in [-0.15, -0.1) is 0 Å². The van der Waals surface area contributed by atoms with Crippen LogP contribution in [0.4, 0.5) is 4.79 Å². The molecule has 0 spiro atoms. The Labute approximate surface area is 152 Å². The van der Waals surface area contributed by atoms with E-state index >= 15 is 0 Å². The Morgan fingerprint density at radius 1 is 1.00 bits per heavy atom. The van der Waals surface area contributed by atoms with Crippen LogP contribution in [0, 0.1) is 0 Å². The molecule has 1 aliphatic carbocycles. The van der Waals surface area contributed by atoms with Crippen molar-refractivity contribution < 1.29 is 19.1 Å². The second-order valence-corrected chi connectivity index (χ2v) is 6.17. The molecule has 134 valence electrons. The quantitative estimate of drug-likeness (QED) is 0.490. The van der Waals surface area contributed by atoms with Gasteiger partial charge in [0.25, 0.3) is 0 Å². The van der Waals surface area contributed by atoms with Crippen LogP contribution >= 0.6 is 0 Å². The number of rotatable bonds is 6. The summed E-state index contributed by atoms with van der Waals surface area (Å²) in [7, 11) is 0. The standard InChI is InChI=1S/C21H21NO4/c1-14(2)20(23)25-12-11-22-21(24)26-13-19-17-9-5-3-7-15(17)16-8-4-6-10-18(16)19/h3-10,19H,1,11-13H2,2H3,(H,22,24). The molecule has 0 unspecified atom stereocenters. The maximum atomic E-state index is 11.9. The van der Waals surface area contributed by atoms with Crippen LogP contribution in [0.3, 0.4) is 0 Å². The summed E-state index contributed by atoms with van der Waals surface area (Å²) in [4.78, 5) is 23.2. The normalized spacial score (nSPS) is 12.0. The molecule has 2 aromatic rings. The first kappa shape index (κ1) is 17.7. The third-order valence-corrected chi connectivity index (χ3v) is 4.30. The van der Waals surface area contributed by atoms with Crippen molar-refractivity contribution in [3.63, 3.8) is 0 Å². The number of benzene rings is 2. The number of hydrogen-bond acceptors (Lipinski definition) is 4. The summed E-state index contributed by atoms with van der Waals surface area (Å²) < 4.78 is 10.3. The average molecular weight is 351 g/mol. The number of hydrogen-bond donors (Lipinski definition) is 1. The molecule has 0 aliphatic heterocycles. The zero-order valence-corrected chi connectivity index (χ0v) is 14.7. The van der Waals surface area contributed by atoms with E-state index in [-0.39, 0.29) is 25.7 Å². The van der Waals surface area contributed by atoms with Crippen molar-refractivity contribution >= 4 is 12.1 Å². The highest BCUT2D eigenvalue weighted by Gasteiger charge is 2.28. The van der Waals surface area contributed by atoms with Crippen LogP contribution in [0.25, 0.3) is 11.1 Å². The number of carbonyl (C=O) groups is 2. The fourth-order valence-electron chi connectivity index (χ4n) is 3.07. The maximum absolute atomic E-state index is 11.9. The summed E-state index contributed by atoms with van der Waals surface area (Å²) in [6.07, 6.45) is -0.529. The molecule has 1 amide bonds. The van der Waals surface area contributed by atoms with E-state index in [4.69, 9.17) is 9.47 Å². The molecule has 2 aromatic carbocycles. The van der Waals surface area contributed by atoms with Gasteiger partial charge in [-0.25, -0.2) is 9.59 Å². The van der Waals surface area contributed by atoms with E-state index in [1.165, 1.54) is 11.1 Å². The lowest BCUT2D eigenvalue weighted by Gasteiger charge is -2.14. The predicted molar refractivity (Wildman–Crippen MR) is 98.8 cm³/mol. The zero-order valence-electron chi connectivity index (χ0n) is 14.7.